The second-order valence-electron chi connectivity index (χ2n) is 6.82. The maximum atomic E-state index is 13.9. The zero-order chi connectivity index (χ0) is 21.2. The molecule has 0 atom stereocenters. The standard InChI is InChI=1S/C21H25FN2O4S/c1-4-23(5-2)29(26,27)17-7-8-19-16(14-17)10-11-24(19)21(25)13-15-6-9-20(28-3)18(22)12-15/h6-9,12,14H,4-5,10-11,13H2,1-3H3. The molecule has 0 saturated heterocycles. The molecule has 3 rings (SSSR count). The first-order chi connectivity index (χ1) is 13.8. The monoisotopic (exact) mass is 420 g/mol. The second-order valence-corrected chi connectivity index (χ2v) is 8.76. The Kier molecular flexibility index (Phi) is 6.24. The van der Waals surface area contributed by atoms with E-state index < -0.39 is 15.8 Å². The molecule has 1 aliphatic rings. The van der Waals surface area contributed by atoms with E-state index >= 15 is 0 Å². The zero-order valence-corrected chi connectivity index (χ0v) is 17.6. The van der Waals surface area contributed by atoms with E-state index in [1.54, 1.807) is 43.0 Å². The van der Waals surface area contributed by atoms with Gasteiger partial charge in [0.05, 0.1) is 18.4 Å². The third-order valence-corrected chi connectivity index (χ3v) is 7.21. The van der Waals surface area contributed by atoms with Crippen LogP contribution in [-0.4, -0.2) is 45.4 Å². The number of hydrogen-bond acceptors (Lipinski definition) is 4. The summed E-state index contributed by atoms with van der Waals surface area (Å²) >= 11 is 0. The number of anilines is 1. The lowest BCUT2D eigenvalue weighted by Gasteiger charge is -2.20. The van der Waals surface area contributed by atoms with Crippen LogP contribution in [0, 0.1) is 5.82 Å². The summed E-state index contributed by atoms with van der Waals surface area (Å²) in [7, 11) is -2.16. The maximum Gasteiger partial charge on any atom is 0.243 e. The van der Waals surface area contributed by atoms with Gasteiger partial charge in [-0.3, -0.25) is 4.79 Å². The first kappa shape index (κ1) is 21.3. The van der Waals surface area contributed by atoms with E-state index in [4.69, 9.17) is 4.74 Å². The van der Waals surface area contributed by atoms with Crippen molar-refractivity contribution in [3.05, 3.63) is 53.3 Å². The lowest BCUT2D eigenvalue weighted by molar-refractivity contribution is -0.117. The van der Waals surface area contributed by atoms with E-state index in [0.29, 0.717) is 37.3 Å². The summed E-state index contributed by atoms with van der Waals surface area (Å²) in [5, 5.41) is 0. The summed E-state index contributed by atoms with van der Waals surface area (Å²) in [6.45, 7) is 4.88. The average Bonchev–Trinajstić information content (AvgIpc) is 3.12. The van der Waals surface area contributed by atoms with Gasteiger partial charge in [-0.25, -0.2) is 12.8 Å². The highest BCUT2D eigenvalue weighted by molar-refractivity contribution is 7.89. The third kappa shape index (κ3) is 4.13. The molecule has 0 N–H and O–H groups in total. The largest absolute Gasteiger partial charge is 0.494 e. The van der Waals surface area contributed by atoms with Crippen molar-refractivity contribution in [3.8, 4) is 5.75 Å². The van der Waals surface area contributed by atoms with Crippen LogP contribution >= 0.6 is 0 Å². The van der Waals surface area contributed by atoms with E-state index in [1.807, 2.05) is 0 Å². The van der Waals surface area contributed by atoms with Crippen molar-refractivity contribution < 1.29 is 22.3 Å². The minimum absolute atomic E-state index is 0.0554. The van der Waals surface area contributed by atoms with E-state index in [2.05, 4.69) is 0 Å². The van der Waals surface area contributed by atoms with Gasteiger partial charge in [-0.1, -0.05) is 19.9 Å². The summed E-state index contributed by atoms with van der Waals surface area (Å²) in [6.07, 6.45) is 0.638. The molecule has 0 unspecified atom stereocenters. The van der Waals surface area contributed by atoms with Gasteiger partial charge in [0, 0.05) is 25.3 Å². The van der Waals surface area contributed by atoms with Gasteiger partial charge >= 0.3 is 0 Å². The first-order valence-corrected chi connectivity index (χ1v) is 11.0. The highest BCUT2D eigenvalue weighted by Gasteiger charge is 2.28. The molecule has 0 aromatic heterocycles. The van der Waals surface area contributed by atoms with Gasteiger partial charge in [-0.2, -0.15) is 4.31 Å². The second kappa shape index (κ2) is 8.51. The Balaban J connectivity index is 1.81. The lowest BCUT2D eigenvalue weighted by Crippen LogP contribution is -2.31. The Labute approximate surface area is 170 Å². The van der Waals surface area contributed by atoms with Gasteiger partial charge in [0.25, 0.3) is 0 Å². The van der Waals surface area contributed by atoms with Gasteiger partial charge in [0.15, 0.2) is 11.6 Å². The molecular formula is C21H25FN2O4S. The van der Waals surface area contributed by atoms with Crippen LogP contribution in [0.5, 0.6) is 5.75 Å². The molecule has 0 aliphatic carbocycles. The van der Waals surface area contributed by atoms with Crippen molar-refractivity contribution in [1.29, 1.82) is 0 Å². The lowest BCUT2D eigenvalue weighted by atomic mass is 10.1. The van der Waals surface area contributed by atoms with Crippen molar-refractivity contribution in [3.63, 3.8) is 0 Å². The fourth-order valence-corrected chi connectivity index (χ4v) is 5.11. The quantitative estimate of drug-likeness (QED) is 0.691. The Hall–Kier alpha value is -2.45. The molecule has 0 bridgehead atoms. The number of amides is 1. The number of methoxy groups -OCH3 is 1. The van der Waals surface area contributed by atoms with Crippen LogP contribution in [0.15, 0.2) is 41.3 Å². The third-order valence-electron chi connectivity index (χ3n) is 5.16. The van der Waals surface area contributed by atoms with Crippen molar-refractivity contribution in [2.24, 2.45) is 0 Å². The molecule has 0 saturated carbocycles. The number of carbonyl (C=O) groups excluding carboxylic acids is 1. The van der Waals surface area contributed by atoms with Gasteiger partial charge in [-0.15, -0.1) is 0 Å². The zero-order valence-electron chi connectivity index (χ0n) is 16.8. The Morgan fingerprint density at radius 3 is 2.52 bits per heavy atom. The summed E-state index contributed by atoms with van der Waals surface area (Å²) in [5.41, 5.74) is 2.09. The number of hydrogen-bond donors (Lipinski definition) is 0. The molecule has 1 heterocycles. The Morgan fingerprint density at radius 1 is 1.17 bits per heavy atom. The van der Waals surface area contributed by atoms with Crippen LogP contribution in [0.25, 0.3) is 0 Å². The van der Waals surface area contributed by atoms with Crippen molar-refractivity contribution in [2.45, 2.75) is 31.6 Å². The molecule has 0 spiro atoms. The Morgan fingerprint density at radius 2 is 1.90 bits per heavy atom. The summed E-state index contributed by atoms with van der Waals surface area (Å²) in [4.78, 5) is 14.6. The fraction of sp³-hybridized carbons (Fsp3) is 0.381. The average molecular weight is 421 g/mol. The molecule has 156 valence electrons. The van der Waals surface area contributed by atoms with Crippen LogP contribution in [0.1, 0.15) is 25.0 Å². The number of sulfonamides is 1. The summed E-state index contributed by atoms with van der Waals surface area (Å²) in [5.74, 6) is -0.534. The number of halogens is 1. The fourth-order valence-electron chi connectivity index (χ4n) is 3.60. The number of nitrogens with zero attached hydrogens (tertiary/aromatic N) is 2. The SMILES string of the molecule is CCN(CC)S(=O)(=O)c1ccc2c(c1)CCN2C(=O)Cc1ccc(OC)c(F)c1. The van der Waals surface area contributed by atoms with E-state index in [-0.39, 0.29) is 23.0 Å². The van der Waals surface area contributed by atoms with Crippen LogP contribution in [0.4, 0.5) is 10.1 Å². The molecular weight excluding hydrogens is 395 g/mol. The number of carbonyl (C=O) groups is 1. The molecule has 2 aromatic carbocycles. The van der Waals surface area contributed by atoms with Crippen LogP contribution in [0.2, 0.25) is 0 Å². The smallest absolute Gasteiger partial charge is 0.243 e. The molecule has 0 fully saturated rings. The van der Waals surface area contributed by atoms with Gasteiger partial charge in [0.1, 0.15) is 0 Å². The summed E-state index contributed by atoms with van der Waals surface area (Å²) in [6, 6.07) is 9.35. The van der Waals surface area contributed by atoms with E-state index in [1.165, 1.54) is 23.5 Å². The number of fused-ring (bicyclic) bond motifs is 1. The van der Waals surface area contributed by atoms with Crippen molar-refractivity contribution in [1.82, 2.24) is 4.31 Å². The van der Waals surface area contributed by atoms with Crippen LogP contribution in [-0.2, 0) is 27.7 Å². The van der Waals surface area contributed by atoms with Crippen molar-refractivity contribution >= 4 is 21.6 Å². The highest BCUT2D eigenvalue weighted by Crippen LogP contribution is 2.32. The number of benzene rings is 2. The summed E-state index contributed by atoms with van der Waals surface area (Å²) < 4.78 is 45.7. The normalized spacial score (nSPS) is 13.6. The predicted molar refractivity (Wildman–Crippen MR) is 109 cm³/mol. The topological polar surface area (TPSA) is 66.9 Å². The van der Waals surface area contributed by atoms with E-state index in [0.717, 1.165) is 5.56 Å². The van der Waals surface area contributed by atoms with Gasteiger partial charge in [0.2, 0.25) is 15.9 Å². The molecule has 2 aromatic rings. The molecule has 1 amide bonds. The van der Waals surface area contributed by atoms with Crippen LogP contribution in [0.3, 0.4) is 0 Å². The van der Waals surface area contributed by atoms with Crippen LogP contribution < -0.4 is 9.64 Å². The molecule has 29 heavy (non-hydrogen) atoms. The minimum atomic E-state index is -3.54. The molecule has 8 heteroatoms. The predicted octanol–water partition coefficient (Wildman–Crippen LogP) is 3.00. The number of ether oxygens (including phenoxy) is 1. The number of rotatable bonds is 7. The van der Waals surface area contributed by atoms with Crippen molar-refractivity contribution in [2.75, 3.05) is 31.6 Å². The molecule has 6 nitrogen and oxygen atoms in total. The first-order valence-electron chi connectivity index (χ1n) is 9.57. The minimum Gasteiger partial charge on any atom is -0.494 e. The molecule has 1 aliphatic heterocycles. The van der Waals surface area contributed by atoms with E-state index in [9.17, 15) is 17.6 Å². The molecule has 0 radical (unpaired) electrons. The Bertz CT molecular complexity index is 1020. The highest BCUT2D eigenvalue weighted by atomic mass is 32.2. The van der Waals surface area contributed by atoms with Gasteiger partial charge in [-0.05, 0) is 47.9 Å². The maximum absolute atomic E-state index is 13.9. The van der Waals surface area contributed by atoms with Gasteiger partial charge < -0.3 is 9.64 Å².